The van der Waals surface area contributed by atoms with Crippen LogP contribution in [-0.2, 0) is 11.3 Å². The van der Waals surface area contributed by atoms with Crippen LogP contribution in [0.1, 0.15) is 0 Å². The first-order valence-electron chi connectivity index (χ1n) is 6.44. The van der Waals surface area contributed by atoms with Crippen molar-refractivity contribution in [2.75, 3.05) is 5.75 Å². The monoisotopic (exact) mass is 338 g/mol. The minimum absolute atomic E-state index is 0.202. The van der Waals surface area contributed by atoms with Gasteiger partial charge in [0.25, 0.3) is 0 Å². The average Bonchev–Trinajstić information content (AvgIpc) is 2.88. The maximum absolute atomic E-state index is 10.8. The predicted octanol–water partition coefficient (Wildman–Crippen LogP) is 2.29. The number of hydrogen-bond acceptors (Lipinski definition) is 5. The number of benzene rings is 1. The zero-order chi connectivity index (χ0) is 16.1. The number of carboxylic acids is 1. The van der Waals surface area contributed by atoms with Crippen LogP contribution in [0.15, 0.2) is 42.1 Å². The summed E-state index contributed by atoms with van der Waals surface area (Å²) in [6.07, 6.45) is 1.71. The van der Waals surface area contributed by atoms with Gasteiger partial charge >= 0.3 is 5.97 Å². The van der Waals surface area contributed by atoms with E-state index >= 15 is 0 Å². The minimum Gasteiger partial charge on any atom is -0.480 e. The molecule has 0 bridgehead atoms. The van der Waals surface area contributed by atoms with E-state index in [4.69, 9.17) is 22.4 Å². The number of aromatic nitrogens is 3. The highest BCUT2D eigenvalue weighted by Crippen LogP contribution is 2.29. The normalized spacial score (nSPS) is 12.1. The SMILES string of the molecule is C=CCn1c(SC[C@H](N)C(=O)O)nnc1-c1ccccc1Cl. The Labute approximate surface area is 137 Å². The van der Waals surface area contributed by atoms with Crippen LogP contribution < -0.4 is 5.73 Å². The summed E-state index contributed by atoms with van der Waals surface area (Å²) in [4.78, 5) is 10.8. The molecule has 6 nitrogen and oxygen atoms in total. The summed E-state index contributed by atoms with van der Waals surface area (Å²) in [5, 5.41) is 18.2. The first-order valence-corrected chi connectivity index (χ1v) is 7.81. The second-order valence-electron chi connectivity index (χ2n) is 4.44. The van der Waals surface area contributed by atoms with Gasteiger partial charge in [-0.15, -0.1) is 16.8 Å². The topological polar surface area (TPSA) is 94.0 Å². The molecule has 3 N–H and O–H groups in total. The van der Waals surface area contributed by atoms with Crippen molar-refractivity contribution >= 4 is 29.3 Å². The van der Waals surface area contributed by atoms with Crippen molar-refractivity contribution in [3.05, 3.63) is 41.9 Å². The number of carbonyl (C=O) groups is 1. The molecule has 0 radical (unpaired) electrons. The smallest absolute Gasteiger partial charge is 0.321 e. The van der Waals surface area contributed by atoms with Crippen molar-refractivity contribution in [2.45, 2.75) is 17.7 Å². The fraction of sp³-hybridized carbons (Fsp3) is 0.214. The van der Waals surface area contributed by atoms with Gasteiger partial charge in [0.1, 0.15) is 6.04 Å². The van der Waals surface area contributed by atoms with E-state index in [0.29, 0.717) is 22.5 Å². The number of hydrogen-bond donors (Lipinski definition) is 2. The number of thioether (sulfide) groups is 1. The molecule has 2 rings (SSSR count). The molecule has 22 heavy (non-hydrogen) atoms. The Bertz CT molecular complexity index is 689. The number of aliphatic carboxylic acids is 1. The second kappa shape index (κ2) is 7.44. The molecule has 0 saturated carbocycles. The van der Waals surface area contributed by atoms with Gasteiger partial charge in [-0.25, -0.2) is 0 Å². The summed E-state index contributed by atoms with van der Waals surface area (Å²) >= 11 is 7.44. The van der Waals surface area contributed by atoms with Crippen LogP contribution in [0.2, 0.25) is 5.02 Å². The maximum Gasteiger partial charge on any atom is 0.321 e. The third-order valence-corrected chi connectivity index (χ3v) is 4.27. The van der Waals surface area contributed by atoms with Crippen LogP contribution >= 0.6 is 23.4 Å². The van der Waals surface area contributed by atoms with Crippen molar-refractivity contribution in [3.8, 4) is 11.4 Å². The standard InChI is InChI=1S/C14H15ClN4O2S/c1-2-7-19-12(9-5-3-4-6-10(9)15)17-18-14(19)22-8-11(16)13(20)21/h2-6,11H,1,7-8,16H2,(H,20,21)/t11-/m0/s1. The summed E-state index contributed by atoms with van der Waals surface area (Å²) < 4.78 is 1.83. The third kappa shape index (κ3) is 3.68. The summed E-state index contributed by atoms with van der Waals surface area (Å²) in [5.74, 6) is -0.238. The Kier molecular flexibility index (Phi) is 5.59. The van der Waals surface area contributed by atoms with E-state index in [0.717, 1.165) is 5.56 Å². The van der Waals surface area contributed by atoms with Crippen LogP contribution in [0.5, 0.6) is 0 Å². The molecule has 0 saturated heterocycles. The molecule has 0 spiro atoms. The van der Waals surface area contributed by atoms with Crippen molar-refractivity contribution in [3.63, 3.8) is 0 Å². The van der Waals surface area contributed by atoms with Gasteiger partial charge in [-0.1, -0.05) is 41.6 Å². The molecule has 8 heteroatoms. The Morgan fingerprint density at radius 1 is 1.50 bits per heavy atom. The Balaban J connectivity index is 2.31. The van der Waals surface area contributed by atoms with Gasteiger partial charge in [-0.2, -0.15) is 0 Å². The Morgan fingerprint density at radius 2 is 2.23 bits per heavy atom. The molecule has 0 aliphatic rings. The van der Waals surface area contributed by atoms with E-state index in [1.807, 2.05) is 22.8 Å². The fourth-order valence-corrected chi connectivity index (χ4v) is 2.87. The van der Waals surface area contributed by atoms with Gasteiger partial charge in [0.2, 0.25) is 0 Å². The molecule has 0 unspecified atom stereocenters. The molecule has 2 aromatic rings. The summed E-state index contributed by atoms with van der Waals surface area (Å²) in [6, 6.07) is 6.37. The number of carboxylic acid groups (broad SMARTS) is 1. The van der Waals surface area contributed by atoms with E-state index in [-0.39, 0.29) is 5.75 Å². The molecule has 1 aromatic carbocycles. The van der Waals surface area contributed by atoms with Crippen LogP contribution in [0.4, 0.5) is 0 Å². The number of nitrogens with zero attached hydrogens (tertiary/aromatic N) is 3. The Hall–Kier alpha value is -1.83. The van der Waals surface area contributed by atoms with Crippen LogP contribution in [0, 0.1) is 0 Å². The Morgan fingerprint density at radius 3 is 2.86 bits per heavy atom. The number of nitrogens with two attached hydrogens (primary N) is 1. The predicted molar refractivity (Wildman–Crippen MR) is 87.0 cm³/mol. The van der Waals surface area contributed by atoms with Gasteiger partial charge in [-0.05, 0) is 12.1 Å². The van der Waals surface area contributed by atoms with E-state index in [1.165, 1.54) is 11.8 Å². The number of rotatable bonds is 7. The summed E-state index contributed by atoms with van der Waals surface area (Å²) in [5.41, 5.74) is 6.27. The van der Waals surface area contributed by atoms with Gasteiger partial charge in [0.15, 0.2) is 11.0 Å². The zero-order valence-corrected chi connectivity index (χ0v) is 13.2. The molecular weight excluding hydrogens is 324 g/mol. The lowest BCUT2D eigenvalue weighted by molar-refractivity contribution is -0.137. The molecule has 0 aliphatic carbocycles. The van der Waals surface area contributed by atoms with E-state index in [2.05, 4.69) is 16.8 Å². The lowest BCUT2D eigenvalue weighted by Gasteiger charge is -2.09. The second-order valence-corrected chi connectivity index (χ2v) is 5.84. The van der Waals surface area contributed by atoms with Crippen molar-refractivity contribution < 1.29 is 9.90 Å². The summed E-state index contributed by atoms with van der Waals surface area (Å²) in [6.45, 7) is 4.20. The average molecular weight is 339 g/mol. The molecule has 1 aromatic heterocycles. The first-order chi connectivity index (χ1) is 10.5. The summed E-state index contributed by atoms with van der Waals surface area (Å²) in [7, 11) is 0. The van der Waals surface area contributed by atoms with E-state index < -0.39 is 12.0 Å². The largest absolute Gasteiger partial charge is 0.480 e. The molecule has 0 aliphatic heterocycles. The van der Waals surface area contributed by atoms with Crippen molar-refractivity contribution in [2.24, 2.45) is 5.73 Å². The van der Waals surface area contributed by atoms with Gasteiger partial charge < -0.3 is 10.8 Å². The molecular formula is C14H15ClN4O2S. The van der Waals surface area contributed by atoms with Crippen molar-refractivity contribution in [1.82, 2.24) is 14.8 Å². The maximum atomic E-state index is 10.8. The highest BCUT2D eigenvalue weighted by Gasteiger charge is 2.18. The lowest BCUT2D eigenvalue weighted by Crippen LogP contribution is -2.32. The molecule has 1 atom stereocenters. The molecule has 116 valence electrons. The van der Waals surface area contributed by atoms with Crippen molar-refractivity contribution in [1.29, 1.82) is 0 Å². The number of halogens is 1. The third-order valence-electron chi connectivity index (χ3n) is 2.85. The van der Waals surface area contributed by atoms with Gasteiger partial charge in [0.05, 0.1) is 5.02 Å². The number of allylic oxidation sites excluding steroid dienone is 1. The van der Waals surface area contributed by atoms with Gasteiger partial charge in [-0.3, -0.25) is 9.36 Å². The molecule has 0 amide bonds. The van der Waals surface area contributed by atoms with Crippen LogP contribution in [-0.4, -0.2) is 37.6 Å². The zero-order valence-electron chi connectivity index (χ0n) is 11.6. The lowest BCUT2D eigenvalue weighted by atomic mass is 10.2. The van der Waals surface area contributed by atoms with Gasteiger partial charge in [0, 0.05) is 17.9 Å². The highest BCUT2D eigenvalue weighted by molar-refractivity contribution is 7.99. The van der Waals surface area contributed by atoms with Crippen LogP contribution in [0.3, 0.4) is 0 Å². The quantitative estimate of drug-likeness (QED) is 0.594. The van der Waals surface area contributed by atoms with E-state index in [9.17, 15) is 4.79 Å². The minimum atomic E-state index is -1.05. The fourth-order valence-electron chi connectivity index (χ4n) is 1.77. The van der Waals surface area contributed by atoms with E-state index in [1.54, 1.807) is 12.1 Å². The first kappa shape index (κ1) is 16.5. The molecule has 0 fully saturated rings. The molecule has 1 heterocycles. The highest BCUT2D eigenvalue weighted by atomic mass is 35.5. The van der Waals surface area contributed by atoms with Crippen LogP contribution in [0.25, 0.3) is 11.4 Å².